The van der Waals surface area contributed by atoms with Gasteiger partial charge in [-0.1, -0.05) is 281 Å². The van der Waals surface area contributed by atoms with Gasteiger partial charge in [-0.25, -0.2) is 0 Å². The highest BCUT2D eigenvalue weighted by Gasteiger charge is 2.44. The number of allylic oxidation sites excluding steroid dienone is 8. The second-order valence-electron chi connectivity index (χ2n) is 21.5. The highest BCUT2D eigenvalue weighted by Crippen LogP contribution is 2.23. The SMILES string of the molecule is CC/C=C\C/C=C\C/C=C\C/C=C\CCCCCCCCCCCCC(=O)NC(COC1OC(CO)C(O)C(O)C1O)C(O)CCCCCCCCCCCCCCCCCCCCCCCCCCCC. The number of carbonyl (C=O) groups is 1. The van der Waals surface area contributed by atoms with Gasteiger partial charge < -0.3 is 40.3 Å². The van der Waals surface area contributed by atoms with Crippen molar-refractivity contribution in [3.8, 4) is 0 Å². The second kappa shape index (κ2) is 52.6. The molecule has 1 saturated heterocycles. The first kappa shape index (κ1) is 68.2. The molecule has 1 heterocycles. The summed E-state index contributed by atoms with van der Waals surface area (Å²) in [6.45, 7) is 3.76. The van der Waals surface area contributed by atoms with Crippen molar-refractivity contribution in [2.24, 2.45) is 0 Å². The maximum atomic E-state index is 13.1. The number of aliphatic hydroxyl groups excluding tert-OH is 5. The van der Waals surface area contributed by atoms with E-state index in [4.69, 9.17) is 9.47 Å². The summed E-state index contributed by atoms with van der Waals surface area (Å²) >= 11 is 0. The number of aliphatic hydroxyl groups is 5. The molecule has 0 aromatic heterocycles. The molecule has 1 amide bonds. The van der Waals surface area contributed by atoms with E-state index in [1.165, 1.54) is 193 Å². The lowest BCUT2D eigenvalue weighted by atomic mass is 9.99. The zero-order chi connectivity index (χ0) is 52.2. The first-order valence-electron chi connectivity index (χ1n) is 30.8. The van der Waals surface area contributed by atoms with E-state index in [0.29, 0.717) is 12.8 Å². The molecule has 0 aromatic rings. The minimum atomic E-state index is -1.56. The van der Waals surface area contributed by atoms with Crippen LogP contribution in [0.4, 0.5) is 0 Å². The smallest absolute Gasteiger partial charge is 0.220 e. The van der Waals surface area contributed by atoms with Gasteiger partial charge in [0.1, 0.15) is 24.4 Å². The van der Waals surface area contributed by atoms with E-state index in [-0.39, 0.29) is 12.5 Å². The van der Waals surface area contributed by atoms with Gasteiger partial charge in [0.15, 0.2) is 6.29 Å². The van der Waals surface area contributed by atoms with Crippen molar-refractivity contribution in [3.05, 3.63) is 48.6 Å². The fourth-order valence-electron chi connectivity index (χ4n) is 9.86. The van der Waals surface area contributed by atoms with Gasteiger partial charge in [0.25, 0.3) is 0 Å². The van der Waals surface area contributed by atoms with Crippen molar-refractivity contribution in [1.29, 1.82) is 0 Å². The molecule has 6 N–H and O–H groups in total. The topological polar surface area (TPSA) is 149 Å². The van der Waals surface area contributed by atoms with Crippen molar-refractivity contribution < 1.29 is 39.8 Å². The zero-order valence-corrected chi connectivity index (χ0v) is 46.9. The van der Waals surface area contributed by atoms with E-state index in [1.54, 1.807) is 0 Å². The lowest BCUT2D eigenvalue weighted by Crippen LogP contribution is -2.60. The van der Waals surface area contributed by atoms with Crippen LogP contribution in [0.3, 0.4) is 0 Å². The summed E-state index contributed by atoms with van der Waals surface area (Å²) in [4.78, 5) is 13.1. The summed E-state index contributed by atoms with van der Waals surface area (Å²) < 4.78 is 11.3. The molecule has 0 radical (unpaired) electrons. The number of hydrogen-bond acceptors (Lipinski definition) is 8. The lowest BCUT2D eigenvalue weighted by molar-refractivity contribution is -0.302. The lowest BCUT2D eigenvalue weighted by Gasteiger charge is -2.40. The predicted octanol–water partition coefficient (Wildman–Crippen LogP) is 15.7. The van der Waals surface area contributed by atoms with Crippen LogP contribution < -0.4 is 5.32 Å². The number of rotatable bonds is 53. The monoisotopic (exact) mass is 1020 g/mol. The number of amides is 1. The molecule has 7 unspecified atom stereocenters. The van der Waals surface area contributed by atoms with Crippen LogP contribution in [0.1, 0.15) is 290 Å². The number of unbranched alkanes of at least 4 members (excludes halogenated alkanes) is 35. The Labute approximate surface area is 444 Å². The van der Waals surface area contributed by atoms with Crippen LogP contribution in [0.2, 0.25) is 0 Å². The van der Waals surface area contributed by atoms with Gasteiger partial charge >= 0.3 is 0 Å². The molecule has 0 saturated carbocycles. The van der Waals surface area contributed by atoms with Crippen LogP contribution in [0.5, 0.6) is 0 Å². The molecule has 1 fully saturated rings. The minimum absolute atomic E-state index is 0.139. The maximum Gasteiger partial charge on any atom is 0.220 e. The average molecular weight is 1020 g/mol. The first-order valence-corrected chi connectivity index (χ1v) is 30.8. The summed E-state index contributed by atoms with van der Waals surface area (Å²) in [5, 5.41) is 54.8. The summed E-state index contributed by atoms with van der Waals surface area (Å²) in [5.74, 6) is -0.147. The molecule has 9 nitrogen and oxygen atoms in total. The molecule has 7 atom stereocenters. The van der Waals surface area contributed by atoms with Crippen LogP contribution in [0, 0.1) is 0 Å². The second-order valence-corrected chi connectivity index (χ2v) is 21.5. The van der Waals surface area contributed by atoms with Crippen molar-refractivity contribution in [2.45, 2.75) is 333 Å². The molecule has 72 heavy (non-hydrogen) atoms. The Hall–Kier alpha value is -1.85. The Morgan fingerprint density at radius 2 is 0.861 bits per heavy atom. The number of nitrogens with one attached hydrogen (secondary N) is 1. The Morgan fingerprint density at radius 3 is 1.28 bits per heavy atom. The third-order valence-corrected chi connectivity index (χ3v) is 14.7. The minimum Gasteiger partial charge on any atom is -0.394 e. The fraction of sp³-hybridized carbons (Fsp3) is 0.857. The van der Waals surface area contributed by atoms with E-state index in [9.17, 15) is 30.3 Å². The standard InChI is InChI=1S/C63H117NO8/c1-3-5-7-9-11-13-15-17-19-21-23-25-27-28-29-31-32-34-36-38-40-42-44-46-48-50-52-57(66)56(55-71-63-62(70)61(69)60(68)58(54-65)72-63)64-59(67)53-51-49-47-45-43-41-39-37-35-33-30-26-24-22-20-18-16-14-12-10-8-6-4-2/h6,8,12,14,18,20,24,26,56-58,60-63,65-66,68-70H,3-5,7,9-11,13,15-17,19,21-23,25,27-55H2,1-2H3,(H,64,67)/b8-6-,14-12-,20-18-,26-24-. The van der Waals surface area contributed by atoms with Crippen molar-refractivity contribution in [3.63, 3.8) is 0 Å². The molecule has 422 valence electrons. The molecule has 1 aliphatic rings. The van der Waals surface area contributed by atoms with Gasteiger partial charge in [0.05, 0.1) is 25.4 Å². The normalized spacial score (nSPS) is 19.5. The molecule has 1 rings (SSSR count). The van der Waals surface area contributed by atoms with Gasteiger partial charge in [-0.15, -0.1) is 0 Å². The molecule has 1 aliphatic heterocycles. The Balaban J connectivity index is 2.18. The van der Waals surface area contributed by atoms with E-state index >= 15 is 0 Å². The Morgan fingerprint density at radius 1 is 0.486 bits per heavy atom. The van der Waals surface area contributed by atoms with E-state index in [2.05, 4.69) is 67.8 Å². The molecular formula is C63H117NO8. The molecule has 0 bridgehead atoms. The van der Waals surface area contributed by atoms with E-state index in [0.717, 1.165) is 70.6 Å². The molecular weight excluding hydrogens is 899 g/mol. The largest absolute Gasteiger partial charge is 0.394 e. The van der Waals surface area contributed by atoms with Crippen molar-refractivity contribution in [2.75, 3.05) is 13.2 Å². The van der Waals surface area contributed by atoms with Crippen LogP contribution in [-0.2, 0) is 14.3 Å². The quantitative estimate of drug-likeness (QED) is 0.0261. The number of hydrogen-bond donors (Lipinski definition) is 6. The van der Waals surface area contributed by atoms with Crippen LogP contribution in [0.15, 0.2) is 48.6 Å². The molecule has 0 aromatic carbocycles. The zero-order valence-electron chi connectivity index (χ0n) is 46.9. The first-order chi connectivity index (χ1) is 35.3. The Kier molecular flexibility index (Phi) is 49.8. The highest BCUT2D eigenvalue weighted by molar-refractivity contribution is 5.76. The Bertz CT molecular complexity index is 1270. The fourth-order valence-corrected chi connectivity index (χ4v) is 9.86. The van der Waals surface area contributed by atoms with Crippen LogP contribution in [0.25, 0.3) is 0 Å². The van der Waals surface area contributed by atoms with E-state index in [1.807, 2.05) is 0 Å². The van der Waals surface area contributed by atoms with Crippen molar-refractivity contribution in [1.82, 2.24) is 5.32 Å². The van der Waals surface area contributed by atoms with Gasteiger partial charge in [-0.2, -0.15) is 0 Å². The molecule has 9 heteroatoms. The third kappa shape index (κ3) is 41.4. The van der Waals surface area contributed by atoms with Crippen molar-refractivity contribution >= 4 is 5.91 Å². The maximum absolute atomic E-state index is 13.1. The molecule has 0 spiro atoms. The summed E-state index contributed by atoms with van der Waals surface area (Å²) in [6, 6.07) is -0.724. The van der Waals surface area contributed by atoms with E-state index < -0.39 is 49.5 Å². The summed E-state index contributed by atoms with van der Waals surface area (Å²) in [6.07, 6.45) is 62.9. The third-order valence-electron chi connectivity index (χ3n) is 14.7. The predicted molar refractivity (Wildman–Crippen MR) is 304 cm³/mol. The summed E-state index contributed by atoms with van der Waals surface area (Å²) in [7, 11) is 0. The molecule has 0 aliphatic carbocycles. The van der Waals surface area contributed by atoms with Gasteiger partial charge in [-0.05, 0) is 51.4 Å². The average Bonchev–Trinajstić information content (AvgIpc) is 3.38. The summed E-state index contributed by atoms with van der Waals surface area (Å²) in [5.41, 5.74) is 0. The van der Waals surface area contributed by atoms with Gasteiger partial charge in [0.2, 0.25) is 5.91 Å². The van der Waals surface area contributed by atoms with Crippen LogP contribution >= 0.6 is 0 Å². The number of carbonyl (C=O) groups excluding carboxylic acids is 1. The van der Waals surface area contributed by atoms with Gasteiger partial charge in [-0.3, -0.25) is 4.79 Å². The van der Waals surface area contributed by atoms with Crippen LogP contribution in [-0.4, -0.2) is 87.5 Å². The van der Waals surface area contributed by atoms with Gasteiger partial charge in [0, 0.05) is 6.42 Å². The number of ether oxygens (including phenoxy) is 2. The highest BCUT2D eigenvalue weighted by atomic mass is 16.7.